The number of carbonyl (C=O) groups excluding carboxylic acids is 2. The van der Waals surface area contributed by atoms with E-state index < -0.39 is 5.54 Å². The highest BCUT2D eigenvalue weighted by Gasteiger charge is 2.51. The largest absolute Gasteiger partial charge is 0.325 e. The molecule has 5 nitrogen and oxygen atoms in total. The highest BCUT2D eigenvalue weighted by atomic mass is 35.5. The van der Waals surface area contributed by atoms with E-state index in [0.717, 1.165) is 25.7 Å². The summed E-state index contributed by atoms with van der Waals surface area (Å²) in [6.45, 7) is 2.35. The number of rotatable bonds is 2. The molecule has 1 spiro atoms. The Labute approximate surface area is 128 Å². The molecule has 0 bridgehead atoms. The Hall–Kier alpha value is -1.62. The summed E-state index contributed by atoms with van der Waals surface area (Å²) in [5, 5.41) is 3.26. The smallest absolute Gasteiger partial charge is 0.323 e. The number of nitrogens with zero attached hydrogens (tertiary/aromatic N) is 2. The lowest BCUT2D eigenvalue weighted by molar-refractivity contribution is -0.133. The second kappa shape index (κ2) is 5.30. The fraction of sp³-hybridized carbons (Fsp3) is 0.533. The van der Waals surface area contributed by atoms with Crippen molar-refractivity contribution in [1.29, 1.82) is 0 Å². The Bertz CT molecular complexity index is 582. The Morgan fingerprint density at radius 1 is 1.38 bits per heavy atom. The predicted octanol–water partition coefficient (Wildman–Crippen LogP) is 2.74. The van der Waals surface area contributed by atoms with Crippen LogP contribution in [0.15, 0.2) is 18.2 Å². The van der Waals surface area contributed by atoms with Gasteiger partial charge in [-0.3, -0.25) is 9.69 Å². The minimum absolute atomic E-state index is 0.124. The van der Waals surface area contributed by atoms with Gasteiger partial charge >= 0.3 is 6.03 Å². The van der Waals surface area contributed by atoms with E-state index in [-0.39, 0.29) is 18.5 Å². The van der Waals surface area contributed by atoms with Gasteiger partial charge in [-0.05, 0) is 43.7 Å². The molecule has 2 aliphatic rings. The van der Waals surface area contributed by atoms with Crippen LogP contribution in [-0.2, 0) is 11.3 Å². The van der Waals surface area contributed by atoms with Crippen LogP contribution in [0.3, 0.4) is 0 Å². The monoisotopic (exact) mass is 307 g/mol. The van der Waals surface area contributed by atoms with Crippen molar-refractivity contribution in [3.63, 3.8) is 0 Å². The third-order valence-electron chi connectivity index (χ3n) is 4.47. The van der Waals surface area contributed by atoms with Crippen molar-refractivity contribution >= 4 is 23.5 Å². The Kier molecular flexibility index (Phi) is 3.61. The van der Waals surface area contributed by atoms with Gasteiger partial charge in [0, 0.05) is 0 Å². The number of hydrogen-bond donors (Lipinski definition) is 1. The molecule has 1 aromatic rings. The number of carbonyl (C=O) groups is 2. The highest BCUT2D eigenvalue weighted by molar-refractivity contribution is 6.29. The van der Waals surface area contributed by atoms with Gasteiger partial charge in [0.25, 0.3) is 5.91 Å². The van der Waals surface area contributed by atoms with Crippen LogP contribution >= 0.6 is 11.6 Å². The van der Waals surface area contributed by atoms with Crippen molar-refractivity contribution < 1.29 is 9.59 Å². The Morgan fingerprint density at radius 2 is 2.10 bits per heavy atom. The maximum atomic E-state index is 12.7. The predicted molar refractivity (Wildman–Crippen MR) is 78.7 cm³/mol. The van der Waals surface area contributed by atoms with Gasteiger partial charge in [0.05, 0.1) is 12.2 Å². The normalized spacial score (nSPS) is 29.0. The summed E-state index contributed by atoms with van der Waals surface area (Å²) in [5.74, 6) is 0.491. The van der Waals surface area contributed by atoms with Crippen LogP contribution < -0.4 is 5.32 Å². The van der Waals surface area contributed by atoms with E-state index in [4.69, 9.17) is 11.6 Å². The average molecular weight is 308 g/mol. The first-order chi connectivity index (χ1) is 10.00. The molecule has 112 valence electrons. The number of amides is 3. The summed E-state index contributed by atoms with van der Waals surface area (Å²) in [6, 6.07) is 4.87. The zero-order valence-corrected chi connectivity index (χ0v) is 12.7. The summed E-state index contributed by atoms with van der Waals surface area (Å²) in [7, 11) is 0. The standard InChI is InChI=1S/C15H18ClN3O2/c1-10-5-7-15(8-6-10)13(20)19(14(21)18-15)9-11-3-2-4-12(16)17-11/h2-4,10H,5-9H2,1H3,(H,18,21). The molecule has 1 saturated carbocycles. The lowest BCUT2D eigenvalue weighted by Gasteiger charge is -2.33. The fourth-order valence-corrected chi connectivity index (χ4v) is 3.30. The summed E-state index contributed by atoms with van der Waals surface area (Å²) in [6.07, 6.45) is 3.38. The van der Waals surface area contributed by atoms with Gasteiger partial charge in [-0.1, -0.05) is 24.6 Å². The molecule has 2 fully saturated rings. The van der Waals surface area contributed by atoms with Crippen molar-refractivity contribution in [2.24, 2.45) is 5.92 Å². The molecule has 1 aliphatic carbocycles. The van der Waals surface area contributed by atoms with E-state index in [9.17, 15) is 9.59 Å². The van der Waals surface area contributed by atoms with Gasteiger partial charge in [-0.2, -0.15) is 0 Å². The molecule has 3 amide bonds. The summed E-state index contributed by atoms with van der Waals surface area (Å²) >= 11 is 5.85. The maximum absolute atomic E-state index is 12.7. The lowest BCUT2D eigenvalue weighted by Crippen LogP contribution is -2.49. The third-order valence-corrected chi connectivity index (χ3v) is 4.68. The maximum Gasteiger partial charge on any atom is 0.325 e. The first kappa shape index (κ1) is 14.3. The molecule has 3 rings (SSSR count). The average Bonchev–Trinajstić information content (AvgIpc) is 2.67. The van der Waals surface area contributed by atoms with Gasteiger partial charge in [0.1, 0.15) is 10.7 Å². The molecule has 1 aliphatic heterocycles. The number of hydrogen-bond acceptors (Lipinski definition) is 3. The Balaban J connectivity index is 1.78. The first-order valence-electron chi connectivity index (χ1n) is 7.26. The number of nitrogens with one attached hydrogen (secondary N) is 1. The SMILES string of the molecule is CC1CCC2(CC1)NC(=O)N(Cc1cccc(Cl)n1)C2=O. The highest BCUT2D eigenvalue weighted by Crippen LogP contribution is 2.36. The van der Waals surface area contributed by atoms with Crippen molar-refractivity contribution in [3.8, 4) is 0 Å². The van der Waals surface area contributed by atoms with Crippen LogP contribution in [0.25, 0.3) is 0 Å². The van der Waals surface area contributed by atoms with Gasteiger partial charge in [0.15, 0.2) is 0 Å². The fourth-order valence-electron chi connectivity index (χ4n) is 3.11. The molecule has 1 N–H and O–H groups in total. The molecule has 21 heavy (non-hydrogen) atoms. The number of aromatic nitrogens is 1. The topological polar surface area (TPSA) is 62.3 Å². The molecular weight excluding hydrogens is 290 g/mol. The van der Waals surface area contributed by atoms with Crippen molar-refractivity contribution in [2.45, 2.75) is 44.7 Å². The number of pyridine rings is 1. The number of halogens is 1. The molecule has 0 radical (unpaired) electrons. The molecule has 2 heterocycles. The molecule has 6 heteroatoms. The second-order valence-corrected chi connectivity index (χ2v) is 6.42. The van der Waals surface area contributed by atoms with Crippen LogP contribution in [-0.4, -0.2) is 27.4 Å². The molecular formula is C15H18ClN3O2. The van der Waals surface area contributed by atoms with Crippen molar-refractivity contribution in [2.75, 3.05) is 0 Å². The van der Waals surface area contributed by atoms with Crippen LogP contribution in [0.2, 0.25) is 5.15 Å². The molecule has 1 aromatic heterocycles. The zero-order valence-electron chi connectivity index (χ0n) is 11.9. The van der Waals surface area contributed by atoms with Crippen LogP contribution in [0.1, 0.15) is 38.3 Å². The Morgan fingerprint density at radius 3 is 2.76 bits per heavy atom. The second-order valence-electron chi connectivity index (χ2n) is 6.04. The van der Waals surface area contributed by atoms with E-state index >= 15 is 0 Å². The first-order valence-corrected chi connectivity index (χ1v) is 7.63. The summed E-state index contributed by atoms with van der Waals surface area (Å²) in [4.78, 5) is 30.2. The lowest BCUT2D eigenvalue weighted by atomic mass is 9.77. The van der Waals surface area contributed by atoms with E-state index in [1.54, 1.807) is 18.2 Å². The van der Waals surface area contributed by atoms with Crippen molar-refractivity contribution in [3.05, 3.63) is 29.0 Å². The third kappa shape index (κ3) is 2.62. The van der Waals surface area contributed by atoms with Gasteiger partial charge in [0.2, 0.25) is 0 Å². The van der Waals surface area contributed by atoms with Crippen molar-refractivity contribution in [1.82, 2.24) is 15.2 Å². The summed E-state index contributed by atoms with van der Waals surface area (Å²) < 4.78 is 0. The molecule has 1 saturated heterocycles. The van der Waals surface area contributed by atoms with Crippen LogP contribution in [0, 0.1) is 5.92 Å². The van der Waals surface area contributed by atoms with E-state index in [1.807, 2.05) is 0 Å². The quantitative estimate of drug-likeness (QED) is 0.675. The van der Waals surface area contributed by atoms with Gasteiger partial charge in [-0.15, -0.1) is 0 Å². The molecule has 0 aromatic carbocycles. The van der Waals surface area contributed by atoms with E-state index in [0.29, 0.717) is 16.8 Å². The van der Waals surface area contributed by atoms with Gasteiger partial charge < -0.3 is 5.32 Å². The van der Waals surface area contributed by atoms with E-state index in [1.165, 1.54) is 4.90 Å². The van der Waals surface area contributed by atoms with Crippen LogP contribution in [0.4, 0.5) is 4.79 Å². The number of imide groups is 1. The minimum Gasteiger partial charge on any atom is -0.323 e. The minimum atomic E-state index is -0.692. The zero-order chi connectivity index (χ0) is 15.0. The molecule has 0 unspecified atom stereocenters. The number of urea groups is 1. The van der Waals surface area contributed by atoms with Gasteiger partial charge in [-0.25, -0.2) is 9.78 Å². The van der Waals surface area contributed by atoms with E-state index in [2.05, 4.69) is 17.2 Å². The molecule has 0 atom stereocenters. The van der Waals surface area contributed by atoms with Crippen LogP contribution in [0.5, 0.6) is 0 Å². The summed E-state index contributed by atoms with van der Waals surface area (Å²) in [5.41, 5.74) is -0.0745.